The Morgan fingerprint density at radius 2 is 2.03 bits per heavy atom. The van der Waals surface area contributed by atoms with E-state index in [4.69, 9.17) is 14.7 Å². The Morgan fingerprint density at radius 1 is 1.20 bits per heavy atom. The number of carboxylic acid groups (broad SMARTS) is 1. The third-order valence-electron chi connectivity index (χ3n) is 6.58. The topological polar surface area (TPSA) is 107 Å². The summed E-state index contributed by atoms with van der Waals surface area (Å²) in [5.41, 5.74) is 4.35. The zero-order valence-corrected chi connectivity index (χ0v) is 20.4. The Morgan fingerprint density at radius 3 is 2.71 bits per heavy atom. The predicted octanol–water partition coefficient (Wildman–Crippen LogP) is 4.79. The standard InChI is InChI=1S/C26H30N6O3/c1-5-35-23-22-21(18-9-8-16(13-19(18)28-22)17-7-6-10-27-14-17)29-24(30-23)31-11-12-32(25(33)34)20(15-31)26(2,3)4/h6-10,13-14,20,28H,5,11-12,15H2,1-4H3,(H,33,34). The number of nitrogens with zero attached hydrogens (tertiary/aromatic N) is 5. The highest BCUT2D eigenvalue weighted by Crippen LogP contribution is 2.35. The molecule has 1 unspecified atom stereocenters. The minimum atomic E-state index is -0.892. The van der Waals surface area contributed by atoms with Gasteiger partial charge in [-0.25, -0.2) is 9.78 Å². The van der Waals surface area contributed by atoms with Gasteiger partial charge in [0.05, 0.1) is 12.6 Å². The van der Waals surface area contributed by atoms with Gasteiger partial charge in [0, 0.05) is 48.5 Å². The fourth-order valence-corrected chi connectivity index (χ4v) is 4.76. The van der Waals surface area contributed by atoms with Crippen molar-refractivity contribution in [1.29, 1.82) is 0 Å². The molecule has 5 rings (SSSR count). The number of fused-ring (bicyclic) bond motifs is 3. The van der Waals surface area contributed by atoms with Crippen molar-refractivity contribution >= 4 is 34.0 Å². The number of anilines is 1. The molecule has 1 aliphatic rings. The Balaban J connectivity index is 1.59. The van der Waals surface area contributed by atoms with Crippen LogP contribution < -0.4 is 9.64 Å². The van der Waals surface area contributed by atoms with Crippen LogP contribution in [0.15, 0.2) is 42.7 Å². The zero-order chi connectivity index (χ0) is 24.7. The zero-order valence-electron chi connectivity index (χ0n) is 20.4. The molecule has 0 spiro atoms. The van der Waals surface area contributed by atoms with Gasteiger partial charge in [-0.1, -0.05) is 39.0 Å². The van der Waals surface area contributed by atoms with Crippen molar-refractivity contribution < 1.29 is 14.6 Å². The average molecular weight is 475 g/mol. The lowest BCUT2D eigenvalue weighted by molar-refractivity contribution is 0.0745. The largest absolute Gasteiger partial charge is 0.476 e. The van der Waals surface area contributed by atoms with Crippen LogP contribution in [0, 0.1) is 5.41 Å². The summed E-state index contributed by atoms with van der Waals surface area (Å²) in [5, 5.41) is 10.7. The number of amides is 1. The van der Waals surface area contributed by atoms with Crippen molar-refractivity contribution in [1.82, 2.24) is 24.8 Å². The van der Waals surface area contributed by atoms with Crippen LogP contribution in [-0.4, -0.2) is 68.3 Å². The summed E-state index contributed by atoms with van der Waals surface area (Å²) in [6, 6.07) is 9.98. The lowest BCUT2D eigenvalue weighted by atomic mass is 9.84. The molecule has 0 radical (unpaired) electrons. The molecule has 1 aromatic carbocycles. The molecule has 9 heteroatoms. The molecule has 2 N–H and O–H groups in total. The lowest BCUT2D eigenvalue weighted by Crippen LogP contribution is -2.59. The monoisotopic (exact) mass is 474 g/mol. The number of piperazine rings is 1. The van der Waals surface area contributed by atoms with E-state index >= 15 is 0 Å². The number of hydrogen-bond donors (Lipinski definition) is 2. The number of pyridine rings is 1. The van der Waals surface area contributed by atoms with Crippen LogP contribution in [0.5, 0.6) is 5.88 Å². The lowest BCUT2D eigenvalue weighted by Gasteiger charge is -2.45. The third kappa shape index (κ3) is 4.22. The molecule has 0 aliphatic carbocycles. The molecular weight excluding hydrogens is 444 g/mol. The van der Waals surface area contributed by atoms with Crippen LogP contribution in [0.2, 0.25) is 0 Å². The molecular formula is C26H30N6O3. The average Bonchev–Trinajstić information content (AvgIpc) is 3.22. The highest BCUT2D eigenvalue weighted by atomic mass is 16.5. The number of rotatable bonds is 4. The van der Waals surface area contributed by atoms with Crippen molar-refractivity contribution in [2.24, 2.45) is 5.41 Å². The van der Waals surface area contributed by atoms with E-state index in [-0.39, 0.29) is 11.5 Å². The van der Waals surface area contributed by atoms with Crippen LogP contribution in [0.3, 0.4) is 0 Å². The maximum absolute atomic E-state index is 11.9. The number of benzene rings is 1. The molecule has 4 heterocycles. The van der Waals surface area contributed by atoms with Gasteiger partial charge in [0.15, 0.2) is 0 Å². The van der Waals surface area contributed by atoms with E-state index in [1.165, 1.54) is 4.90 Å². The van der Waals surface area contributed by atoms with Gasteiger partial charge in [-0.05, 0) is 30.0 Å². The maximum atomic E-state index is 11.9. The van der Waals surface area contributed by atoms with Gasteiger partial charge in [-0.2, -0.15) is 4.98 Å². The molecule has 1 fully saturated rings. The molecule has 0 saturated carbocycles. The van der Waals surface area contributed by atoms with Gasteiger partial charge >= 0.3 is 6.09 Å². The van der Waals surface area contributed by atoms with Gasteiger partial charge in [-0.3, -0.25) is 4.98 Å². The molecule has 3 aromatic heterocycles. The number of hydrogen-bond acceptors (Lipinski definition) is 6. The van der Waals surface area contributed by atoms with Crippen molar-refractivity contribution in [3.8, 4) is 17.0 Å². The normalized spacial score (nSPS) is 16.7. The molecule has 9 nitrogen and oxygen atoms in total. The Labute approximate surface area is 203 Å². The Hall–Kier alpha value is -3.88. The van der Waals surface area contributed by atoms with Crippen molar-refractivity contribution in [3.05, 3.63) is 42.7 Å². The smallest absolute Gasteiger partial charge is 0.407 e. The molecule has 1 atom stereocenters. The quantitative estimate of drug-likeness (QED) is 0.438. The summed E-state index contributed by atoms with van der Waals surface area (Å²) in [6.45, 7) is 10.0. The first kappa shape index (κ1) is 22.9. The molecule has 0 bridgehead atoms. The molecule has 1 saturated heterocycles. The number of aromatic amines is 1. The minimum absolute atomic E-state index is 0.186. The second kappa shape index (κ2) is 8.72. The highest BCUT2D eigenvalue weighted by molar-refractivity contribution is 6.07. The van der Waals surface area contributed by atoms with E-state index in [9.17, 15) is 9.90 Å². The fraction of sp³-hybridized carbons (Fsp3) is 0.385. The highest BCUT2D eigenvalue weighted by Gasteiger charge is 2.39. The first-order valence-electron chi connectivity index (χ1n) is 11.9. The summed E-state index contributed by atoms with van der Waals surface area (Å²) < 4.78 is 5.92. The Bertz CT molecular complexity index is 1380. The van der Waals surface area contributed by atoms with Crippen molar-refractivity contribution in [3.63, 3.8) is 0 Å². The van der Waals surface area contributed by atoms with E-state index < -0.39 is 6.09 Å². The second-order valence-corrected chi connectivity index (χ2v) is 9.92. The van der Waals surface area contributed by atoms with Crippen LogP contribution in [-0.2, 0) is 0 Å². The number of nitrogens with one attached hydrogen (secondary N) is 1. The van der Waals surface area contributed by atoms with E-state index in [0.29, 0.717) is 38.1 Å². The number of aromatic nitrogens is 4. The first-order chi connectivity index (χ1) is 16.8. The molecule has 35 heavy (non-hydrogen) atoms. The van der Waals surface area contributed by atoms with Crippen molar-refractivity contribution in [2.75, 3.05) is 31.1 Å². The number of carbonyl (C=O) groups is 1. The van der Waals surface area contributed by atoms with Gasteiger partial charge in [0.25, 0.3) is 0 Å². The van der Waals surface area contributed by atoms with Gasteiger partial charge in [0.1, 0.15) is 11.0 Å². The van der Waals surface area contributed by atoms with E-state index in [2.05, 4.69) is 53.8 Å². The summed E-state index contributed by atoms with van der Waals surface area (Å²) in [6.07, 6.45) is 2.71. The summed E-state index contributed by atoms with van der Waals surface area (Å²) in [7, 11) is 0. The van der Waals surface area contributed by atoms with Crippen molar-refractivity contribution in [2.45, 2.75) is 33.7 Å². The molecule has 1 aliphatic heterocycles. The van der Waals surface area contributed by atoms with E-state index in [1.54, 1.807) is 6.20 Å². The summed E-state index contributed by atoms with van der Waals surface area (Å²) in [5.74, 6) is 1.05. The number of H-pyrrole nitrogens is 1. The Kier molecular flexibility index (Phi) is 5.70. The second-order valence-electron chi connectivity index (χ2n) is 9.92. The summed E-state index contributed by atoms with van der Waals surface area (Å²) >= 11 is 0. The van der Waals surface area contributed by atoms with E-state index in [1.807, 2.05) is 25.3 Å². The maximum Gasteiger partial charge on any atom is 0.407 e. The van der Waals surface area contributed by atoms with Crippen LogP contribution in [0.4, 0.5) is 10.7 Å². The fourth-order valence-electron chi connectivity index (χ4n) is 4.76. The van der Waals surface area contributed by atoms with Gasteiger partial charge in [0.2, 0.25) is 11.8 Å². The first-order valence-corrected chi connectivity index (χ1v) is 11.9. The minimum Gasteiger partial charge on any atom is -0.476 e. The summed E-state index contributed by atoms with van der Waals surface area (Å²) in [4.78, 5) is 32.8. The van der Waals surface area contributed by atoms with Gasteiger partial charge in [-0.15, -0.1) is 0 Å². The van der Waals surface area contributed by atoms with E-state index in [0.717, 1.165) is 33.1 Å². The third-order valence-corrected chi connectivity index (χ3v) is 6.58. The SMILES string of the molecule is CCOc1nc(N2CCN(C(=O)O)C(C(C)(C)C)C2)nc2c1[nH]c1cc(-c3cccnc3)ccc12. The van der Waals surface area contributed by atoms with Crippen LogP contribution >= 0.6 is 0 Å². The molecule has 4 aromatic rings. The molecule has 1 amide bonds. The predicted molar refractivity (Wildman–Crippen MR) is 136 cm³/mol. The number of ether oxygens (including phenoxy) is 1. The van der Waals surface area contributed by atoms with Crippen LogP contribution in [0.1, 0.15) is 27.7 Å². The molecule has 182 valence electrons. The van der Waals surface area contributed by atoms with Crippen LogP contribution in [0.25, 0.3) is 33.1 Å². The van der Waals surface area contributed by atoms with Gasteiger partial charge < -0.3 is 24.6 Å².